The summed E-state index contributed by atoms with van der Waals surface area (Å²) in [5.41, 5.74) is 1.30. The van der Waals surface area contributed by atoms with Gasteiger partial charge in [-0.1, -0.05) is 12.1 Å². The Morgan fingerprint density at radius 2 is 1.83 bits per heavy atom. The quantitative estimate of drug-likeness (QED) is 0.721. The highest BCUT2D eigenvalue weighted by Crippen LogP contribution is 2.11. The maximum Gasteiger partial charge on any atom is 0.330 e. The second-order valence-electron chi connectivity index (χ2n) is 7.07. The van der Waals surface area contributed by atoms with Gasteiger partial charge in [0.25, 0.3) is 5.56 Å². The lowest BCUT2D eigenvalue weighted by atomic mass is 10.1. The SMILES string of the molecule is Cn1cc(/C=C/C(=O)Nc2ccc(CCN3CCOCC3)cc2)c(=O)n(C)c1=O. The summed E-state index contributed by atoms with van der Waals surface area (Å²) in [6.45, 7) is 4.53. The number of benzene rings is 1. The molecule has 0 atom stereocenters. The first kappa shape index (κ1) is 20.8. The molecular weight excluding hydrogens is 372 g/mol. The molecule has 1 aliphatic rings. The van der Waals surface area contributed by atoms with Crippen molar-refractivity contribution >= 4 is 17.7 Å². The van der Waals surface area contributed by atoms with E-state index in [0.717, 1.165) is 43.8 Å². The Labute approximate surface area is 169 Å². The molecule has 0 radical (unpaired) electrons. The summed E-state index contributed by atoms with van der Waals surface area (Å²) in [5.74, 6) is -0.345. The maximum absolute atomic E-state index is 12.2. The fourth-order valence-corrected chi connectivity index (χ4v) is 3.17. The third-order valence-corrected chi connectivity index (χ3v) is 4.93. The van der Waals surface area contributed by atoms with Crippen LogP contribution in [0, 0.1) is 0 Å². The third-order valence-electron chi connectivity index (χ3n) is 4.93. The average Bonchev–Trinajstić information content (AvgIpc) is 2.74. The Kier molecular flexibility index (Phi) is 6.79. The van der Waals surface area contributed by atoms with Crippen LogP contribution in [0.1, 0.15) is 11.1 Å². The number of rotatable bonds is 6. The normalized spacial score (nSPS) is 15.0. The monoisotopic (exact) mass is 398 g/mol. The van der Waals surface area contributed by atoms with E-state index >= 15 is 0 Å². The van der Waals surface area contributed by atoms with E-state index in [1.165, 1.54) is 35.5 Å². The van der Waals surface area contributed by atoms with Gasteiger partial charge in [0.2, 0.25) is 5.91 Å². The topological polar surface area (TPSA) is 85.6 Å². The third kappa shape index (κ3) is 5.52. The van der Waals surface area contributed by atoms with Crippen molar-refractivity contribution < 1.29 is 9.53 Å². The minimum atomic E-state index is -0.443. The fourth-order valence-electron chi connectivity index (χ4n) is 3.17. The van der Waals surface area contributed by atoms with E-state index in [9.17, 15) is 14.4 Å². The van der Waals surface area contributed by atoms with Gasteiger partial charge in [-0.3, -0.25) is 19.1 Å². The lowest BCUT2D eigenvalue weighted by Gasteiger charge is -2.26. The zero-order chi connectivity index (χ0) is 20.8. The van der Waals surface area contributed by atoms with Crippen LogP contribution in [0.25, 0.3) is 6.08 Å². The number of nitrogens with one attached hydrogen (secondary N) is 1. The molecular formula is C21H26N4O4. The molecule has 1 aromatic heterocycles. The van der Waals surface area contributed by atoms with Crippen molar-refractivity contribution in [2.24, 2.45) is 14.1 Å². The predicted octanol–water partition coefficient (Wildman–Crippen LogP) is 0.611. The minimum Gasteiger partial charge on any atom is -0.379 e. The molecule has 8 nitrogen and oxygen atoms in total. The van der Waals surface area contributed by atoms with Crippen LogP contribution >= 0.6 is 0 Å². The summed E-state index contributed by atoms with van der Waals surface area (Å²) in [6.07, 6.45) is 5.06. The molecule has 2 heterocycles. The summed E-state index contributed by atoms with van der Waals surface area (Å²) in [6, 6.07) is 7.74. The Bertz CT molecular complexity index is 999. The number of morpholine rings is 1. The molecule has 154 valence electrons. The van der Waals surface area contributed by atoms with E-state index in [1.807, 2.05) is 24.3 Å². The molecule has 1 amide bonds. The molecule has 1 aliphatic heterocycles. The number of carbonyl (C=O) groups is 1. The van der Waals surface area contributed by atoms with Gasteiger partial charge in [0, 0.05) is 51.7 Å². The van der Waals surface area contributed by atoms with Crippen LogP contribution in [-0.2, 0) is 30.0 Å². The van der Waals surface area contributed by atoms with Gasteiger partial charge < -0.3 is 14.6 Å². The van der Waals surface area contributed by atoms with Gasteiger partial charge >= 0.3 is 5.69 Å². The molecule has 1 N–H and O–H groups in total. The second-order valence-corrected chi connectivity index (χ2v) is 7.07. The van der Waals surface area contributed by atoms with E-state index in [1.54, 1.807) is 7.05 Å². The summed E-state index contributed by atoms with van der Waals surface area (Å²) < 4.78 is 7.66. The van der Waals surface area contributed by atoms with E-state index in [0.29, 0.717) is 5.69 Å². The maximum atomic E-state index is 12.2. The van der Waals surface area contributed by atoms with Crippen LogP contribution in [0.5, 0.6) is 0 Å². The van der Waals surface area contributed by atoms with Crippen molar-refractivity contribution in [3.8, 4) is 0 Å². The molecule has 1 aromatic carbocycles. The number of aromatic nitrogens is 2. The molecule has 0 aliphatic carbocycles. The molecule has 8 heteroatoms. The lowest BCUT2D eigenvalue weighted by Crippen LogP contribution is -2.37. The summed E-state index contributed by atoms with van der Waals surface area (Å²) >= 11 is 0. The van der Waals surface area contributed by atoms with Crippen LogP contribution in [0.2, 0.25) is 0 Å². The largest absolute Gasteiger partial charge is 0.379 e. The van der Waals surface area contributed by atoms with Gasteiger partial charge in [-0.15, -0.1) is 0 Å². The van der Waals surface area contributed by atoms with Gasteiger partial charge in [0.15, 0.2) is 0 Å². The Morgan fingerprint density at radius 3 is 2.52 bits per heavy atom. The Hall–Kier alpha value is -2.97. The fraction of sp³-hybridized carbons (Fsp3) is 0.381. The highest BCUT2D eigenvalue weighted by molar-refractivity contribution is 6.01. The standard InChI is InChI=1S/C21H26N4O4/c1-23-15-17(20(27)24(2)21(23)28)5-8-19(26)22-18-6-3-16(4-7-18)9-10-25-11-13-29-14-12-25/h3-8,15H,9-14H2,1-2H3,(H,22,26)/b8-5+. The van der Waals surface area contributed by atoms with E-state index in [4.69, 9.17) is 4.74 Å². The zero-order valence-electron chi connectivity index (χ0n) is 16.8. The van der Waals surface area contributed by atoms with Crippen molar-refractivity contribution in [2.75, 3.05) is 38.2 Å². The lowest BCUT2D eigenvalue weighted by molar-refractivity contribution is -0.111. The molecule has 1 saturated heterocycles. The van der Waals surface area contributed by atoms with Crippen LogP contribution < -0.4 is 16.6 Å². The molecule has 0 unspecified atom stereocenters. The summed E-state index contributed by atoms with van der Waals surface area (Å²) in [5, 5.41) is 2.77. The number of ether oxygens (including phenoxy) is 1. The molecule has 0 spiro atoms. The molecule has 29 heavy (non-hydrogen) atoms. The number of amides is 1. The van der Waals surface area contributed by atoms with Gasteiger partial charge in [-0.25, -0.2) is 4.79 Å². The van der Waals surface area contributed by atoms with Gasteiger partial charge in [0.1, 0.15) is 0 Å². The molecule has 3 rings (SSSR count). The number of aryl methyl sites for hydroxylation is 1. The average molecular weight is 398 g/mol. The zero-order valence-corrected chi connectivity index (χ0v) is 16.8. The van der Waals surface area contributed by atoms with E-state index in [-0.39, 0.29) is 11.5 Å². The number of hydrogen-bond acceptors (Lipinski definition) is 5. The van der Waals surface area contributed by atoms with Crippen molar-refractivity contribution in [2.45, 2.75) is 6.42 Å². The highest BCUT2D eigenvalue weighted by atomic mass is 16.5. The Balaban J connectivity index is 1.56. The van der Waals surface area contributed by atoms with Crippen molar-refractivity contribution in [1.82, 2.24) is 14.0 Å². The van der Waals surface area contributed by atoms with Crippen LogP contribution in [0.15, 0.2) is 46.1 Å². The summed E-state index contributed by atoms with van der Waals surface area (Å²) in [7, 11) is 2.96. The molecule has 2 aromatic rings. The first-order valence-electron chi connectivity index (χ1n) is 9.59. The van der Waals surface area contributed by atoms with E-state index < -0.39 is 11.2 Å². The number of anilines is 1. The van der Waals surface area contributed by atoms with Crippen LogP contribution in [0.4, 0.5) is 5.69 Å². The van der Waals surface area contributed by atoms with Crippen LogP contribution in [-0.4, -0.2) is 52.8 Å². The Morgan fingerprint density at radius 1 is 1.14 bits per heavy atom. The first-order valence-corrected chi connectivity index (χ1v) is 9.59. The molecule has 1 fully saturated rings. The van der Waals surface area contributed by atoms with E-state index in [2.05, 4.69) is 10.2 Å². The predicted molar refractivity (Wildman–Crippen MR) is 112 cm³/mol. The first-order chi connectivity index (χ1) is 13.9. The van der Waals surface area contributed by atoms with Gasteiger partial charge in [-0.2, -0.15) is 0 Å². The van der Waals surface area contributed by atoms with Gasteiger partial charge in [0.05, 0.1) is 18.8 Å². The molecule has 0 bridgehead atoms. The van der Waals surface area contributed by atoms with Crippen molar-refractivity contribution in [3.05, 3.63) is 68.5 Å². The smallest absolute Gasteiger partial charge is 0.330 e. The molecule has 0 saturated carbocycles. The van der Waals surface area contributed by atoms with Crippen LogP contribution in [0.3, 0.4) is 0 Å². The number of nitrogens with zero attached hydrogens (tertiary/aromatic N) is 3. The highest BCUT2D eigenvalue weighted by Gasteiger charge is 2.10. The van der Waals surface area contributed by atoms with Crippen molar-refractivity contribution in [3.63, 3.8) is 0 Å². The second kappa shape index (κ2) is 9.49. The number of carbonyl (C=O) groups excluding carboxylic acids is 1. The van der Waals surface area contributed by atoms with Crippen molar-refractivity contribution in [1.29, 1.82) is 0 Å². The van der Waals surface area contributed by atoms with Gasteiger partial charge in [-0.05, 0) is 30.2 Å². The number of hydrogen-bond donors (Lipinski definition) is 1. The summed E-state index contributed by atoms with van der Waals surface area (Å²) in [4.78, 5) is 38.3. The minimum absolute atomic E-state index is 0.267.